The molecule has 5 heteroatoms. The molecule has 0 saturated carbocycles. The number of aryl methyl sites for hydroxylation is 2. The summed E-state index contributed by atoms with van der Waals surface area (Å²) in [5.74, 6) is -0.0795. The lowest BCUT2D eigenvalue weighted by atomic mass is 10.1. The van der Waals surface area contributed by atoms with Gasteiger partial charge in [-0.05, 0) is 37.9 Å². The van der Waals surface area contributed by atoms with E-state index in [1.165, 1.54) is 5.56 Å². The first kappa shape index (κ1) is 15.3. The van der Waals surface area contributed by atoms with Gasteiger partial charge in [0.05, 0.1) is 11.3 Å². The van der Waals surface area contributed by atoms with Crippen molar-refractivity contribution in [2.45, 2.75) is 26.8 Å². The first-order valence-electron chi connectivity index (χ1n) is 7.09. The second-order valence-electron chi connectivity index (χ2n) is 5.21. The van der Waals surface area contributed by atoms with E-state index in [0.717, 1.165) is 23.4 Å². The fourth-order valence-electron chi connectivity index (χ4n) is 2.36. The van der Waals surface area contributed by atoms with Gasteiger partial charge in [0.15, 0.2) is 0 Å². The average Bonchev–Trinajstić information content (AvgIpc) is 2.71. The van der Waals surface area contributed by atoms with Crippen LogP contribution in [0.4, 0.5) is 0 Å². The normalized spacial score (nSPS) is 10.7. The Morgan fingerprint density at radius 2 is 1.86 bits per heavy atom. The van der Waals surface area contributed by atoms with Crippen LogP contribution in [0.1, 0.15) is 32.9 Å². The van der Waals surface area contributed by atoms with Crippen molar-refractivity contribution in [1.82, 2.24) is 15.1 Å². The van der Waals surface area contributed by atoms with Gasteiger partial charge in [0, 0.05) is 19.3 Å². The number of nitrogens with one attached hydrogen (secondary N) is 1. The van der Waals surface area contributed by atoms with Crippen LogP contribution < -0.4 is 11.1 Å². The third kappa shape index (κ3) is 3.49. The monoisotopic (exact) mass is 286 g/mol. The third-order valence-electron chi connectivity index (χ3n) is 3.65. The number of carbonyl (C=O) groups excluding carboxylic acids is 1. The lowest BCUT2D eigenvalue weighted by Gasteiger charge is -2.07. The van der Waals surface area contributed by atoms with Crippen LogP contribution in [0.3, 0.4) is 0 Å². The molecule has 0 bridgehead atoms. The maximum atomic E-state index is 12.3. The number of amides is 1. The summed E-state index contributed by atoms with van der Waals surface area (Å²) >= 11 is 0. The summed E-state index contributed by atoms with van der Waals surface area (Å²) in [5.41, 5.74) is 10.1. The van der Waals surface area contributed by atoms with E-state index in [1.807, 2.05) is 33.0 Å². The summed E-state index contributed by atoms with van der Waals surface area (Å²) in [5, 5.41) is 7.21. The first-order valence-corrected chi connectivity index (χ1v) is 7.09. The van der Waals surface area contributed by atoms with Gasteiger partial charge in [-0.15, -0.1) is 0 Å². The fraction of sp³-hybridized carbons (Fsp3) is 0.375. The highest BCUT2D eigenvalue weighted by molar-refractivity contribution is 5.96. The number of hydrogen-bond donors (Lipinski definition) is 2. The molecule has 1 aromatic carbocycles. The van der Waals surface area contributed by atoms with Gasteiger partial charge < -0.3 is 11.1 Å². The summed E-state index contributed by atoms with van der Waals surface area (Å²) in [6, 6.07) is 8.15. The van der Waals surface area contributed by atoms with Crippen LogP contribution >= 0.6 is 0 Å². The Labute approximate surface area is 125 Å². The molecule has 2 rings (SSSR count). The third-order valence-corrected chi connectivity index (χ3v) is 3.65. The summed E-state index contributed by atoms with van der Waals surface area (Å²) in [4.78, 5) is 12.3. The molecular weight excluding hydrogens is 264 g/mol. The largest absolute Gasteiger partial charge is 0.348 e. The van der Waals surface area contributed by atoms with Gasteiger partial charge in [-0.3, -0.25) is 9.48 Å². The van der Waals surface area contributed by atoms with Crippen molar-refractivity contribution < 1.29 is 4.79 Å². The van der Waals surface area contributed by atoms with E-state index >= 15 is 0 Å². The smallest absolute Gasteiger partial charge is 0.255 e. The van der Waals surface area contributed by atoms with E-state index < -0.39 is 0 Å². The average molecular weight is 286 g/mol. The number of benzene rings is 1. The molecule has 0 fully saturated rings. The number of rotatable bonds is 5. The van der Waals surface area contributed by atoms with E-state index in [2.05, 4.69) is 22.5 Å². The number of aromatic nitrogens is 2. The summed E-state index contributed by atoms with van der Waals surface area (Å²) < 4.78 is 1.73. The minimum absolute atomic E-state index is 0.0795. The van der Waals surface area contributed by atoms with Crippen LogP contribution in [0, 0.1) is 13.8 Å². The van der Waals surface area contributed by atoms with Gasteiger partial charge in [0.25, 0.3) is 5.91 Å². The molecule has 0 unspecified atom stereocenters. The minimum Gasteiger partial charge on any atom is -0.348 e. The Kier molecular flexibility index (Phi) is 4.75. The second-order valence-corrected chi connectivity index (χ2v) is 5.21. The molecular formula is C16H22N4O. The predicted molar refractivity (Wildman–Crippen MR) is 83.1 cm³/mol. The maximum absolute atomic E-state index is 12.3. The summed E-state index contributed by atoms with van der Waals surface area (Å²) in [6.07, 6.45) is 0.876. The molecule has 1 amide bonds. The van der Waals surface area contributed by atoms with Crippen LogP contribution in [0.2, 0.25) is 0 Å². The molecule has 0 radical (unpaired) electrons. The number of hydrogen-bond acceptors (Lipinski definition) is 3. The van der Waals surface area contributed by atoms with Crippen LogP contribution in [0.15, 0.2) is 24.3 Å². The van der Waals surface area contributed by atoms with E-state index in [1.54, 1.807) is 4.68 Å². The molecule has 0 aliphatic heterocycles. The molecule has 21 heavy (non-hydrogen) atoms. The van der Waals surface area contributed by atoms with Gasteiger partial charge >= 0.3 is 0 Å². The molecule has 5 nitrogen and oxygen atoms in total. The van der Waals surface area contributed by atoms with E-state index in [-0.39, 0.29) is 5.91 Å². The number of nitrogens with two attached hydrogens (primary N) is 1. The zero-order valence-electron chi connectivity index (χ0n) is 12.8. The Balaban J connectivity index is 2.00. The van der Waals surface area contributed by atoms with Crippen molar-refractivity contribution in [3.63, 3.8) is 0 Å². The van der Waals surface area contributed by atoms with Gasteiger partial charge in [-0.1, -0.05) is 24.3 Å². The Bertz CT molecular complexity index is 628. The van der Waals surface area contributed by atoms with Crippen molar-refractivity contribution >= 4 is 5.91 Å². The highest BCUT2D eigenvalue weighted by atomic mass is 16.1. The van der Waals surface area contributed by atoms with Gasteiger partial charge in [-0.2, -0.15) is 5.10 Å². The molecule has 1 aromatic heterocycles. The van der Waals surface area contributed by atoms with Crippen LogP contribution in [-0.2, 0) is 20.0 Å². The lowest BCUT2D eigenvalue weighted by molar-refractivity contribution is 0.0949. The highest BCUT2D eigenvalue weighted by Crippen LogP contribution is 2.12. The molecule has 0 atom stereocenters. The van der Waals surface area contributed by atoms with Crippen LogP contribution in [-0.4, -0.2) is 22.2 Å². The molecule has 0 aliphatic carbocycles. The Morgan fingerprint density at radius 1 is 1.24 bits per heavy atom. The topological polar surface area (TPSA) is 72.9 Å². The van der Waals surface area contributed by atoms with Gasteiger partial charge in [0.1, 0.15) is 0 Å². The van der Waals surface area contributed by atoms with E-state index in [4.69, 9.17) is 5.73 Å². The van der Waals surface area contributed by atoms with Crippen molar-refractivity contribution in [1.29, 1.82) is 0 Å². The van der Waals surface area contributed by atoms with E-state index in [0.29, 0.717) is 18.7 Å². The Morgan fingerprint density at radius 3 is 2.38 bits per heavy atom. The quantitative estimate of drug-likeness (QED) is 0.874. The SMILES string of the molecule is Cc1nn(C)c(C)c1C(=O)NCc1ccc(CCN)cc1. The second kappa shape index (κ2) is 6.54. The molecule has 3 N–H and O–H groups in total. The lowest BCUT2D eigenvalue weighted by Crippen LogP contribution is -2.24. The zero-order valence-corrected chi connectivity index (χ0v) is 12.8. The Hall–Kier alpha value is -2.14. The maximum Gasteiger partial charge on any atom is 0.255 e. The zero-order chi connectivity index (χ0) is 15.4. The van der Waals surface area contributed by atoms with Crippen LogP contribution in [0.5, 0.6) is 0 Å². The number of nitrogens with zero attached hydrogens (tertiary/aromatic N) is 2. The standard InChI is InChI=1S/C16H22N4O/c1-11-15(12(2)20(3)19-11)16(21)18-10-14-6-4-13(5-7-14)8-9-17/h4-7H,8-10,17H2,1-3H3,(H,18,21). The van der Waals surface area contributed by atoms with Crippen molar-refractivity contribution in [2.75, 3.05) is 6.54 Å². The van der Waals surface area contributed by atoms with E-state index in [9.17, 15) is 4.79 Å². The minimum atomic E-state index is -0.0795. The molecule has 2 aromatic rings. The highest BCUT2D eigenvalue weighted by Gasteiger charge is 2.16. The molecule has 0 spiro atoms. The summed E-state index contributed by atoms with van der Waals surface area (Å²) in [7, 11) is 1.84. The van der Waals surface area contributed by atoms with Gasteiger partial charge in [0.2, 0.25) is 0 Å². The first-order chi connectivity index (χ1) is 10.0. The van der Waals surface area contributed by atoms with Crippen molar-refractivity contribution in [3.05, 3.63) is 52.3 Å². The van der Waals surface area contributed by atoms with Crippen molar-refractivity contribution in [3.8, 4) is 0 Å². The van der Waals surface area contributed by atoms with Crippen molar-refractivity contribution in [2.24, 2.45) is 12.8 Å². The number of carbonyl (C=O) groups is 1. The molecule has 0 aliphatic rings. The molecule has 1 heterocycles. The predicted octanol–water partition coefficient (Wildman–Crippen LogP) is 1.47. The summed E-state index contributed by atoms with van der Waals surface area (Å²) in [6.45, 7) is 4.91. The van der Waals surface area contributed by atoms with Crippen LogP contribution in [0.25, 0.3) is 0 Å². The molecule has 0 saturated heterocycles. The van der Waals surface area contributed by atoms with Gasteiger partial charge in [-0.25, -0.2) is 0 Å². The molecule has 112 valence electrons. The fourth-order valence-corrected chi connectivity index (χ4v) is 2.36.